The van der Waals surface area contributed by atoms with Crippen LogP contribution in [0, 0.1) is 11.3 Å². The van der Waals surface area contributed by atoms with Crippen LogP contribution in [0.25, 0.3) is 0 Å². The van der Waals surface area contributed by atoms with Crippen molar-refractivity contribution >= 4 is 17.3 Å². The Labute approximate surface area is 107 Å². The number of carbonyl (C=O) groups is 1. The zero-order valence-corrected chi connectivity index (χ0v) is 11.2. The maximum absolute atomic E-state index is 12.0. The van der Waals surface area contributed by atoms with Gasteiger partial charge >= 0.3 is 0 Å². The van der Waals surface area contributed by atoms with Crippen molar-refractivity contribution in [2.24, 2.45) is 0 Å². The average Bonchev–Trinajstić information content (AvgIpc) is 2.31. The van der Waals surface area contributed by atoms with Gasteiger partial charge in [0.1, 0.15) is 0 Å². The third-order valence-electron chi connectivity index (χ3n) is 3.23. The molecular formula is C14H17N3O. The topological polar surface area (TPSA) is 47.3 Å². The van der Waals surface area contributed by atoms with Crippen molar-refractivity contribution in [3.63, 3.8) is 0 Å². The first-order valence-electron chi connectivity index (χ1n) is 5.93. The van der Waals surface area contributed by atoms with E-state index in [-0.39, 0.29) is 11.4 Å². The smallest absolute Gasteiger partial charge is 0.246 e. The Morgan fingerprint density at radius 3 is 2.50 bits per heavy atom. The fourth-order valence-corrected chi connectivity index (χ4v) is 2.15. The SMILES string of the molecule is CN1C(=O)CN(C(C)(C)C)c2ccc(C#N)cc21. The first-order valence-corrected chi connectivity index (χ1v) is 5.93. The molecule has 0 aliphatic carbocycles. The molecule has 0 radical (unpaired) electrons. The lowest BCUT2D eigenvalue weighted by Gasteiger charge is -2.43. The van der Waals surface area contributed by atoms with E-state index in [9.17, 15) is 4.79 Å². The molecule has 1 aliphatic heterocycles. The van der Waals surface area contributed by atoms with Gasteiger partial charge in [0.15, 0.2) is 0 Å². The van der Waals surface area contributed by atoms with E-state index in [4.69, 9.17) is 5.26 Å². The fraction of sp³-hybridized carbons (Fsp3) is 0.429. The lowest BCUT2D eigenvalue weighted by atomic mass is 10.0. The van der Waals surface area contributed by atoms with Crippen LogP contribution in [0.2, 0.25) is 0 Å². The van der Waals surface area contributed by atoms with Gasteiger partial charge in [0.25, 0.3) is 0 Å². The lowest BCUT2D eigenvalue weighted by Crippen LogP contribution is -2.51. The molecule has 0 saturated carbocycles. The zero-order chi connectivity index (χ0) is 13.5. The summed E-state index contributed by atoms with van der Waals surface area (Å²) in [6, 6.07) is 7.59. The summed E-state index contributed by atoms with van der Waals surface area (Å²) < 4.78 is 0. The van der Waals surface area contributed by atoms with Crippen molar-refractivity contribution < 1.29 is 4.79 Å². The first-order chi connectivity index (χ1) is 8.34. The molecule has 1 heterocycles. The predicted molar refractivity (Wildman–Crippen MR) is 71.7 cm³/mol. The molecule has 94 valence electrons. The monoisotopic (exact) mass is 243 g/mol. The van der Waals surface area contributed by atoms with Gasteiger partial charge in [-0.05, 0) is 39.0 Å². The maximum atomic E-state index is 12.0. The molecule has 0 unspecified atom stereocenters. The van der Waals surface area contributed by atoms with Crippen LogP contribution in [0.1, 0.15) is 26.3 Å². The van der Waals surface area contributed by atoms with E-state index in [1.54, 1.807) is 24.1 Å². The van der Waals surface area contributed by atoms with Crippen LogP contribution in [0.3, 0.4) is 0 Å². The number of rotatable bonds is 0. The van der Waals surface area contributed by atoms with Gasteiger partial charge in [-0.2, -0.15) is 5.26 Å². The highest BCUT2D eigenvalue weighted by Gasteiger charge is 2.33. The number of likely N-dealkylation sites (N-methyl/N-ethyl adjacent to an activating group) is 1. The molecule has 0 bridgehead atoms. The lowest BCUT2D eigenvalue weighted by molar-refractivity contribution is -0.117. The molecule has 4 nitrogen and oxygen atoms in total. The van der Waals surface area contributed by atoms with E-state index in [0.29, 0.717) is 12.1 Å². The summed E-state index contributed by atoms with van der Waals surface area (Å²) in [7, 11) is 1.75. The van der Waals surface area contributed by atoms with Crippen LogP contribution in [-0.2, 0) is 4.79 Å². The number of hydrogen-bond donors (Lipinski definition) is 0. The fourth-order valence-electron chi connectivity index (χ4n) is 2.15. The Hall–Kier alpha value is -2.02. The second-order valence-electron chi connectivity index (χ2n) is 5.53. The molecule has 18 heavy (non-hydrogen) atoms. The normalized spacial score (nSPS) is 15.4. The summed E-state index contributed by atoms with van der Waals surface area (Å²) in [6.07, 6.45) is 0. The Bertz CT molecular complexity index is 537. The van der Waals surface area contributed by atoms with E-state index in [1.165, 1.54) is 0 Å². The zero-order valence-electron chi connectivity index (χ0n) is 11.2. The summed E-state index contributed by atoms with van der Waals surface area (Å²) >= 11 is 0. The number of amides is 1. The summed E-state index contributed by atoms with van der Waals surface area (Å²) in [5.41, 5.74) is 2.26. The molecule has 0 saturated heterocycles. The second kappa shape index (κ2) is 4.02. The van der Waals surface area contributed by atoms with E-state index in [0.717, 1.165) is 11.4 Å². The van der Waals surface area contributed by atoms with Gasteiger partial charge in [-0.1, -0.05) is 0 Å². The summed E-state index contributed by atoms with van der Waals surface area (Å²) in [4.78, 5) is 15.7. The molecule has 1 amide bonds. The van der Waals surface area contributed by atoms with Crippen molar-refractivity contribution in [1.29, 1.82) is 5.26 Å². The number of nitriles is 1. The Morgan fingerprint density at radius 2 is 1.94 bits per heavy atom. The minimum absolute atomic E-state index is 0.0486. The van der Waals surface area contributed by atoms with Crippen molar-refractivity contribution in [3.05, 3.63) is 23.8 Å². The van der Waals surface area contributed by atoms with Crippen molar-refractivity contribution in [2.75, 3.05) is 23.4 Å². The molecule has 2 rings (SSSR count). The third kappa shape index (κ3) is 1.92. The number of hydrogen-bond acceptors (Lipinski definition) is 3. The molecule has 1 aliphatic rings. The molecule has 0 spiro atoms. The van der Waals surface area contributed by atoms with Crippen LogP contribution in [0.15, 0.2) is 18.2 Å². The van der Waals surface area contributed by atoms with Crippen molar-refractivity contribution in [3.8, 4) is 6.07 Å². The van der Waals surface area contributed by atoms with Gasteiger partial charge < -0.3 is 9.80 Å². The van der Waals surface area contributed by atoms with Crippen LogP contribution >= 0.6 is 0 Å². The summed E-state index contributed by atoms with van der Waals surface area (Å²) in [6.45, 7) is 6.60. The Balaban J connectivity index is 2.59. The van der Waals surface area contributed by atoms with Crippen molar-refractivity contribution in [1.82, 2.24) is 0 Å². The predicted octanol–water partition coefficient (Wildman–Crippen LogP) is 2.14. The quantitative estimate of drug-likeness (QED) is 0.701. The minimum Gasteiger partial charge on any atom is -0.356 e. The standard InChI is InChI=1S/C14H17N3O/c1-14(2,3)17-9-13(18)16(4)12-7-10(8-15)5-6-11(12)17/h5-7H,9H2,1-4H3. The molecule has 4 heteroatoms. The number of anilines is 2. The number of carbonyl (C=O) groups excluding carboxylic acids is 1. The average molecular weight is 243 g/mol. The highest BCUT2D eigenvalue weighted by Crippen LogP contribution is 2.37. The van der Waals surface area contributed by atoms with Crippen LogP contribution in [0.5, 0.6) is 0 Å². The highest BCUT2D eigenvalue weighted by atomic mass is 16.2. The minimum atomic E-state index is -0.125. The molecule has 0 N–H and O–H groups in total. The van der Waals surface area contributed by atoms with E-state index >= 15 is 0 Å². The van der Waals surface area contributed by atoms with Gasteiger partial charge in [-0.15, -0.1) is 0 Å². The van der Waals surface area contributed by atoms with Crippen molar-refractivity contribution in [2.45, 2.75) is 26.3 Å². The Morgan fingerprint density at radius 1 is 1.28 bits per heavy atom. The summed E-state index contributed by atoms with van der Waals surface area (Å²) in [5, 5.41) is 8.95. The molecular weight excluding hydrogens is 226 g/mol. The van der Waals surface area contributed by atoms with Gasteiger partial charge in [0, 0.05) is 12.6 Å². The number of nitrogens with zero attached hydrogens (tertiary/aromatic N) is 3. The van der Waals surface area contributed by atoms with Gasteiger partial charge in [0.2, 0.25) is 5.91 Å². The molecule has 1 aromatic rings. The van der Waals surface area contributed by atoms with Gasteiger partial charge in [0.05, 0.1) is 29.6 Å². The largest absolute Gasteiger partial charge is 0.356 e. The van der Waals surface area contributed by atoms with Crippen LogP contribution < -0.4 is 9.80 Å². The van der Waals surface area contributed by atoms with E-state index in [1.807, 2.05) is 6.07 Å². The maximum Gasteiger partial charge on any atom is 0.246 e. The Kier molecular flexibility index (Phi) is 2.78. The van der Waals surface area contributed by atoms with Crippen LogP contribution in [0.4, 0.5) is 11.4 Å². The first kappa shape index (κ1) is 12.4. The summed E-state index contributed by atoms with van der Waals surface area (Å²) in [5.74, 6) is 0.0486. The van der Waals surface area contributed by atoms with E-state index < -0.39 is 0 Å². The molecule has 0 fully saturated rings. The third-order valence-corrected chi connectivity index (χ3v) is 3.23. The molecule has 1 aromatic carbocycles. The number of benzene rings is 1. The molecule has 0 aromatic heterocycles. The van der Waals surface area contributed by atoms with Gasteiger partial charge in [-0.25, -0.2) is 0 Å². The van der Waals surface area contributed by atoms with Crippen LogP contribution in [-0.4, -0.2) is 25.0 Å². The highest BCUT2D eigenvalue weighted by molar-refractivity contribution is 6.03. The second-order valence-corrected chi connectivity index (χ2v) is 5.53. The number of fused-ring (bicyclic) bond motifs is 1. The van der Waals surface area contributed by atoms with Gasteiger partial charge in [-0.3, -0.25) is 4.79 Å². The van der Waals surface area contributed by atoms with E-state index in [2.05, 4.69) is 31.7 Å². The molecule has 0 atom stereocenters.